The van der Waals surface area contributed by atoms with Crippen LogP contribution in [0.3, 0.4) is 0 Å². The van der Waals surface area contributed by atoms with Gasteiger partial charge in [-0.05, 0) is 101 Å². The van der Waals surface area contributed by atoms with E-state index in [9.17, 15) is 5.26 Å². The molecule has 0 N–H and O–H groups in total. The zero-order valence-corrected chi connectivity index (χ0v) is 35.2. The number of thioether (sulfide) groups is 1. The Kier molecular flexibility index (Phi) is 10.1. The lowest BCUT2D eigenvalue weighted by Crippen LogP contribution is -2.37. The highest BCUT2D eigenvalue weighted by atomic mass is 32.2. The molecule has 0 radical (unpaired) electrons. The predicted molar refractivity (Wildman–Crippen MR) is 240 cm³/mol. The Morgan fingerprint density at radius 3 is 1.76 bits per heavy atom. The van der Waals surface area contributed by atoms with Crippen molar-refractivity contribution in [3.63, 3.8) is 0 Å². The van der Waals surface area contributed by atoms with E-state index < -0.39 is 5.60 Å². The molecule has 3 fully saturated rings. The maximum Gasteiger partial charge on any atom is 0.178 e. The van der Waals surface area contributed by atoms with Gasteiger partial charge < -0.3 is 33.6 Å². The molecule has 9 heteroatoms. The Hall–Kier alpha value is -4.98. The molecule has 1 aliphatic carbocycles. The predicted octanol–water partition coefficient (Wildman–Crippen LogP) is 9.38. The van der Waals surface area contributed by atoms with Crippen molar-refractivity contribution in [1.29, 1.82) is 5.26 Å². The summed E-state index contributed by atoms with van der Waals surface area (Å²) in [6.45, 7) is 14.2. The van der Waals surface area contributed by atoms with Gasteiger partial charge in [-0.2, -0.15) is 5.26 Å². The van der Waals surface area contributed by atoms with Gasteiger partial charge in [0, 0.05) is 83.0 Å². The number of benzene rings is 5. The molecule has 0 atom stereocenters. The molecule has 0 amide bonds. The summed E-state index contributed by atoms with van der Waals surface area (Å²) < 4.78 is 25.1. The van der Waals surface area contributed by atoms with Gasteiger partial charge in [0.2, 0.25) is 0 Å². The first kappa shape index (κ1) is 38.2. The molecule has 0 unspecified atom stereocenters. The molecular formula is C50H52N4O4S. The standard InChI is InChI=1S/C50H52N4O4S/c1-4-49(5-2)43-30-34(33-51)6-15-39(43)46-41-31-44(54-22-28-57-29-23-54)45(59-3)32-42(41)48-40(47(46)49)16-17-50(58-48,35-7-11-37(12-8-35)52-18-24-55-25-19-52)36-9-13-38(14-10-36)53-20-26-56-27-21-53/h6-17,30-32H,4-5,18-29H2,1-3H3. The molecule has 0 spiro atoms. The highest BCUT2D eigenvalue weighted by Gasteiger charge is 2.47. The van der Waals surface area contributed by atoms with E-state index in [2.05, 4.69) is 126 Å². The molecule has 3 saturated heterocycles. The van der Waals surface area contributed by atoms with Crippen molar-refractivity contribution in [2.24, 2.45) is 0 Å². The summed E-state index contributed by atoms with van der Waals surface area (Å²) in [5.41, 5.74) is 11.5. The Morgan fingerprint density at radius 2 is 1.24 bits per heavy atom. The SMILES string of the molecule is CCC1(CC)c2cc(C#N)ccc2-c2c1c1c(c3cc(SC)c(N4CCOCC4)cc23)OC(c2ccc(N3CCOCC3)cc2)(c2ccc(N3CCOCC3)cc2)C=C1. The molecule has 5 aromatic rings. The topological polar surface area (TPSA) is 70.4 Å². The van der Waals surface area contributed by atoms with Crippen LogP contribution >= 0.6 is 11.8 Å². The van der Waals surface area contributed by atoms with Crippen LogP contribution in [0.25, 0.3) is 28.0 Å². The zero-order valence-electron chi connectivity index (χ0n) is 34.4. The van der Waals surface area contributed by atoms with Gasteiger partial charge in [-0.1, -0.05) is 50.3 Å². The second-order valence-corrected chi connectivity index (χ2v) is 17.1. The van der Waals surface area contributed by atoms with Crippen LogP contribution in [0, 0.1) is 11.3 Å². The first-order valence-corrected chi connectivity index (χ1v) is 22.6. The van der Waals surface area contributed by atoms with Gasteiger partial charge in [0.1, 0.15) is 5.75 Å². The van der Waals surface area contributed by atoms with E-state index in [0.717, 1.165) is 106 Å². The maximum atomic E-state index is 10.1. The Balaban J connectivity index is 1.22. The van der Waals surface area contributed by atoms with Crippen molar-refractivity contribution in [3.8, 4) is 22.9 Å². The Morgan fingerprint density at radius 1 is 0.678 bits per heavy atom. The average Bonchev–Trinajstić information content (AvgIpc) is 3.62. The van der Waals surface area contributed by atoms with Gasteiger partial charge in [-0.3, -0.25) is 0 Å². The van der Waals surface area contributed by atoms with Gasteiger partial charge in [0.05, 0.1) is 57.0 Å². The van der Waals surface area contributed by atoms with Crippen molar-refractivity contribution < 1.29 is 18.9 Å². The van der Waals surface area contributed by atoms with E-state index in [1.165, 1.54) is 49.6 Å². The van der Waals surface area contributed by atoms with Gasteiger partial charge in [0.15, 0.2) is 5.60 Å². The fourth-order valence-corrected chi connectivity index (χ4v) is 11.1. The van der Waals surface area contributed by atoms with E-state index in [1.54, 1.807) is 11.8 Å². The summed E-state index contributed by atoms with van der Waals surface area (Å²) in [5, 5.41) is 12.5. The lowest BCUT2D eigenvalue weighted by Gasteiger charge is -2.40. The number of nitriles is 1. The van der Waals surface area contributed by atoms with Crippen molar-refractivity contribution in [2.75, 3.05) is 99.9 Å². The Bertz CT molecular complexity index is 2390. The summed E-state index contributed by atoms with van der Waals surface area (Å²) in [4.78, 5) is 8.52. The molecule has 302 valence electrons. The van der Waals surface area contributed by atoms with Gasteiger partial charge >= 0.3 is 0 Å². The minimum atomic E-state index is -0.899. The zero-order chi connectivity index (χ0) is 40.1. The number of nitrogens with zero attached hydrogens (tertiary/aromatic N) is 4. The van der Waals surface area contributed by atoms with Crippen LogP contribution in [0.1, 0.15) is 60.1 Å². The molecule has 5 aliphatic rings. The van der Waals surface area contributed by atoms with Crippen LogP contribution in [0.4, 0.5) is 17.1 Å². The summed E-state index contributed by atoms with van der Waals surface area (Å²) in [5.74, 6) is 0.916. The fraction of sp³-hybridized carbons (Fsp3) is 0.380. The quantitative estimate of drug-likeness (QED) is 0.143. The largest absolute Gasteiger partial charge is 0.472 e. The molecular weight excluding hydrogens is 753 g/mol. The fourth-order valence-electron chi connectivity index (χ4n) is 10.5. The molecule has 0 aromatic heterocycles. The van der Waals surface area contributed by atoms with E-state index in [4.69, 9.17) is 18.9 Å². The van der Waals surface area contributed by atoms with Crippen molar-refractivity contribution in [2.45, 2.75) is 42.6 Å². The van der Waals surface area contributed by atoms with Gasteiger partial charge in [-0.15, -0.1) is 11.8 Å². The second kappa shape index (κ2) is 15.6. The number of hydrogen-bond acceptors (Lipinski definition) is 9. The first-order valence-electron chi connectivity index (χ1n) is 21.4. The number of hydrogen-bond donors (Lipinski definition) is 0. The van der Waals surface area contributed by atoms with E-state index >= 15 is 0 Å². The third-order valence-corrected chi connectivity index (χ3v) is 14.4. The number of fused-ring (bicyclic) bond motifs is 8. The highest BCUT2D eigenvalue weighted by Crippen LogP contribution is 2.61. The summed E-state index contributed by atoms with van der Waals surface area (Å²) in [7, 11) is 0. The van der Waals surface area contributed by atoms with Crippen LogP contribution in [0.5, 0.6) is 5.75 Å². The van der Waals surface area contributed by atoms with E-state index in [-0.39, 0.29) is 5.41 Å². The summed E-state index contributed by atoms with van der Waals surface area (Å²) >= 11 is 1.79. The average molecular weight is 805 g/mol. The lowest BCUT2D eigenvalue weighted by molar-refractivity contribution is 0.122. The molecule has 4 heterocycles. The molecule has 59 heavy (non-hydrogen) atoms. The highest BCUT2D eigenvalue weighted by molar-refractivity contribution is 7.98. The van der Waals surface area contributed by atoms with Crippen LogP contribution < -0.4 is 19.4 Å². The second-order valence-electron chi connectivity index (χ2n) is 16.3. The molecule has 0 saturated carbocycles. The first-order chi connectivity index (χ1) is 29.0. The summed E-state index contributed by atoms with van der Waals surface area (Å²) in [6.07, 6.45) is 8.67. The Labute approximate surface area is 352 Å². The van der Waals surface area contributed by atoms with Crippen molar-refractivity contribution >= 4 is 45.7 Å². The maximum absolute atomic E-state index is 10.1. The van der Waals surface area contributed by atoms with Crippen LogP contribution in [0.2, 0.25) is 0 Å². The van der Waals surface area contributed by atoms with Crippen molar-refractivity contribution in [1.82, 2.24) is 0 Å². The molecule has 5 aromatic carbocycles. The van der Waals surface area contributed by atoms with E-state index in [1.807, 2.05) is 6.07 Å². The number of ether oxygens (including phenoxy) is 4. The third-order valence-electron chi connectivity index (χ3n) is 13.7. The van der Waals surface area contributed by atoms with Crippen LogP contribution in [0.15, 0.2) is 89.8 Å². The van der Waals surface area contributed by atoms with Gasteiger partial charge in [-0.25, -0.2) is 0 Å². The van der Waals surface area contributed by atoms with Crippen LogP contribution in [-0.2, 0) is 25.2 Å². The molecule has 10 rings (SSSR count). The van der Waals surface area contributed by atoms with E-state index in [0.29, 0.717) is 18.8 Å². The summed E-state index contributed by atoms with van der Waals surface area (Å²) in [6, 6.07) is 31.7. The number of rotatable bonds is 8. The van der Waals surface area contributed by atoms with Gasteiger partial charge in [0.25, 0.3) is 0 Å². The number of anilines is 3. The minimum Gasteiger partial charge on any atom is -0.472 e. The smallest absolute Gasteiger partial charge is 0.178 e. The third kappa shape index (κ3) is 6.21. The lowest BCUT2D eigenvalue weighted by atomic mass is 9.71. The van der Waals surface area contributed by atoms with Crippen molar-refractivity contribution in [3.05, 3.63) is 118 Å². The molecule has 0 bridgehead atoms. The van der Waals surface area contributed by atoms with Crippen LogP contribution in [-0.4, -0.2) is 85.2 Å². The molecule has 8 nitrogen and oxygen atoms in total. The monoisotopic (exact) mass is 804 g/mol. The molecule has 4 aliphatic heterocycles. The minimum absolute atomic E-state index is 0.291. The normalized spacial score (nSPS) is 19.2. The number of morpholine rings is 3.